The number of hydrogen-bond acceptors (Lipinski definition) is 3. The highest BCUT2D eigenvalue weighted by atomic mass is 16.3. The number of carbonyl (C=O) groups is 1. The topological polar surface area (TPSA) is 40.5 Å². The van der Waals surface area contributed by atoms with Crippen LogP contribution in [0.3, 0.4) is 0 Å². The fraction of sp³-hybridized carbons (Fsp3) is 0.417. The monoisotopic (exact) mass is 205 g/mol. The first-order chi connectivity index (χ1) is 7.02. The van der Waals surface area contributed by atoms with Gasteiger partial charge in [0.1, 0.15) is 6.29 Å². The summed E-state index contributed by atoms with van der Waals surface area (Å²) >= 11 is 0. The molecule has 0 unspecified atom stereocenters. The molecule has 3 nitrogen and oxygen atoms in total. The molecule has 15 heavy (non-hydrogen) atoms. The fourth-order valence-corrected chi connectivity index (χ4v) is 1.95. The number of hydrogen-bond donors (Lipinski definition) is 1. The second-order valence-corrected chi connectivity index (χ2v) is 4.51. The van der Waals surface area contributed by atoms with Crippen LogP contribution in [0.2, 0.25) is 0 Å². The Bertz CT molecular complexity index is 391. The molecule has 1 aliphatic heterocycles. The van der Waals surface area contributed by atoms with E-state index in [1.54, 1.807) is 0 Å². The number of carbonyl (C=O) groups excluding carboxylic acids is 1. The zero-order valence-corrected chi connectivity index (χ0v) is 9.03. The Morgan fingerprint density at radius 2 is 2.13 bits per heavy atom. The minimum absolute atomic E-state index is 0.558. The zero-order valence-electron chi connectivity index (χ0n) is 9.03. The lowest BCUT2D eigenvalue weighted by Gasteiger charge is -2.45. The number of aldehydes is 1. The first-order valence-electron chi connectivity index (χ1n) is 5.05. The molecule has 0 bridgehead atoms. The Hall–Kier alpha value is -1.35. The van der Waals surface area contributed by atoms with Crippen LogP contribution in [-0.2, 0) is 0 Å². The van der Waals surface area contributed by atoms with Crippen molar-refractivity contribution in [1.82, 2.24) is 0 Å². The van der Waals surface area contributed by atoms with E-state index in [-0.39, 0.29) is 0 Å². The summed E-state index contributed by atoms with van der Waals surface area (Å²) in [5.74, 6) is 0. The minimum Gasteiger partial charge on any atom is -0.386 e. The molecular formula is C12H15NO2. The third kappa shape index (κ3) is 1.88. The molecule has 0 atom stereocenters. The summed E-state index contributed by atoms with van der Waals surface area (Å²) in [7, 11) is 0. The van der Waals surface area contributed by atoms with Crippen LogP contribution >= 0.6 is 0 Å². The molecule has 1 fully saturated rings. The molecule has 0 radical (unpaired) electrons. The van der Waals surface area contributed by atoms with Gasteiger partial charge >= 0.3 is 0 Å². The number of anilines is 1. The molecule has 0 aromatic heterocycles. The van der Waals surface area contributed by atoms with Crippen molar-refractivity contribution < 1.29 is 9.90 Å². The second kappa shape index (κ2) is 3.35. The summed E-state index contributed by atoms with van der Waals surface area (Å²) < 4.78 is 0. The van der Waals surface area contributed by atoms with E-state index < -0.39 is 5.60 Å². The Balaban J connectivity index is 2.18. The summed E-state index contributed by atoms with van der Waals surface area (Å²) in [4.78, 5) is 12.7. The van der Waals surface area contributed by atoms with Gasteiger partial charge in [0, 0.05) is 24.3 Å². The molecule has 0 saturated carbocycles. The highest BCUT2D eigenvalue weighted by Crippen LogP contribution is 2.28. The first kappa shape index (κ1) is 10.2. The Morgan fingerprint density at radius 1 is 1.47 bits per heavy atom. The van der Waals surface area contributed by atoms with Gasteiger partial charge in [0.15, 0.2) is 0 Å². The van der Waals surface area contributed by atoms with Crippen LogP contribution in [0.25, 0.3) is 0 Å². The van der Waals surface area contributed by atoms with E-state index in [0.717, 1.165) is 23.1 Å². The summed E-state index contributed by atoms with van der Waals surface area (Å²) in [5.41, 5.74) is 2.22. The molecule has 0 amide bonds. The lowest BCUT2D eigenvalue weighted by atomic mass is 9.95. The second-order valence-electron chi connectivity index (χ2n) is 4.51. The van der Waals surface area contributed by atoms with Crippen molar-refractivity contribution in [2.24, 2.45) is 0 Å². The maximum absolute atomic E-state index is 10.6. The van der Waals surface area contributed by atoms with Crippen LogP contribution in [-0.4, -0.2) is 30.1 Å². The van der Waals surface area contributed by atoms with Gasteiger partial charge in [-0.2, -0.15) is 0 Å². The average molecular weight is 205 g/mol. The van der Waals surface area contributed by atoms with Crippen LogP contribution in [0, 0.1) is 6.92 Å². The molecule has 1 saturated heterocycles. The lowest BCUT2D eigenvalue weighted by molar-refractivity contribution is 0.0310. The molecule has 0 aliphatic carbocycles. The summed E-state index contributed by atoms with van der Waals surface area (Å²) in [6, 6.07) is 5.73. The van der Waals surface area contributed by atoms with Crippen molar-refractivity contribution >= 4 is 12.0 Å². The largest absolute Gasteiger partial charge is 0.386 e. The molecule has 1 aliphatic rings. The van der Waals surface area contributed by atoms with E-state index in [1.165, 1.54) is 0 Å². The van der Waals surface area contributed by atoms with E-state index in [2.05, 4.69) is 4.90 Å². The van der Waals surface area contributed by atoms with Gasteiger partial charge in [-0.05, 0) is 37.6 Å². The van der Waals surface area contributed by atoms with Gasteiger partial charge in [-0.25, -0.2) is 0 Å². The van der Waals surface area contributed by atoms with Crippen molar-refractivity contribution in [1.29, 1.82) is 0 Å². The van der Waals surface area contributed by atoms with Crippen molar-refractivity contribution in [3.05, 3.63) is 29.3 Å². The quantitative estimate of drug-likeness (QED) is 0.741. The fourth-order valence-electron chi connectivity index (χ4n) is 1.95. The predicted molar refractivity (Wildman–Crippen MR) is 59.4 cm³/mol. The Labute approximate surface area is 89.3 Å². The maximum atomic E-state index is 10.6. The van der Waals surface area contributed by atoms with E-state index in [1.807, 2.05) is 32.0 Å². The molecule has 2 rings (SSSR count). The summed E-state index contributed by atoms with van der Waals surface area (Å²) in [6.45, 7) is 5.07. The van der Waals surface area contributed by atoms with E-state index >= 15 is 0 Å². The highest BCUT2D eigenvalue weighted by molar-refractivity contribution is 5.78. The number of aryl methyl sites for hydroxylation is 1. The third-order valence-electron chi connectivity index (χ3n) is 2.81. The van der Waals surface area contributed by atoms with Gasteiger partial charge in [-0.15, -0.1) is 0 Å². The number of aliphatic hydroxyl groups is 1. The first-order valence-corrected chi connectivity index (χ1v) is 5.05. The SMILES string of the molecule is Cc1cc(N2CC(C)(O)C2)ccc1C=O. The molecular weight excluding hydrogens is 190 g/mol. The van der Waals surface area contributed by atoms with Crippen LogP contribution in [0.15, 0.2) is 18.2 Å². The average Bonchev–Trinajstić information content (AvgIpc) is 2.14. The number of β-amino-alcohol motifs (C(OH)–C–C–N with tert-alkyl or cyclic N) is 1. The van der Waals surface area contributed by atoms with Crippen molar-refractivity contribution in [2.45, 2.75) is 19.4 Å². The molecule has 1 aromatic carbocycles. The van der Waals surface area contributed by atoms with Crippen LogP contribution in [0.5, 0.6) is 0 Å². The lowest BCUT2D eigenvalue weighted by Crippen LogP contribution is -2.60. The maximum Gasteiger partial charge on any atom is 0.150 e. The van der Waals surface area contributed by atoms with E-state index in [9.17, 15) is 9.90 Å². The normalized spacial score (nSPS) is 18.5. The molecule has 1 N–H and O–H groups in total. The van der Waals surface area contributed by atoms with Gasteiger partial charge < -0.3 is 10.0 Å². The molecule has 1 aromatic rings. The van der Waals surface area contributed by atoms with Crippen LogP contribution < -0.4 is 4.90 Å². The van der Waals surface area contributed by atoms with Gasteiger partial charge in [-0.1, -0.05) is 0 Å². The number of benzene rings is 1. The third-order valence-corrected chi connectivity index (χ3v) is 2.81. The molecule has 1 heterocycles. The van der Waals surface area contributed by atoms with Gasteiger partial charge in [0.05, 0.1) is 5.60 Å². The minimum atomic E-state index is -0.558. The van der Waals surface area contributed by atoms with E-state index in [0.29, 0.717) is 13.1 Å². The smallest absolute Gasteiger partial charge is 0.150 e. The van der Waals surface area contributed by atoms with Crippen molar-refractivity contribution in [3.63, 3.8) is 0 Å². The summed E-state index contributed by atoms with van der Waals surface area (Å²) in [5, 5.41) is 9.62. The zero-order chi connectivity index (χ0) is 11.1. The van der Waals surface area contributed by atoms with Crippen molar-refractivity contribution in [3.8, 4) is 0 Å². The predicted octanol–water partition coefficient (Wildman–Crippen LogP) is 1.38. The molecule has 0 spiro atoms. The van der Waals surface area contributed by atoms with Crippen molar-refractivity contribution in [2.75, 3.05) is 18.0 Å². The molecule has 3 heteroatoms. The van der Waals surface area contributed by atoms with E-state index in [4.69, 9.17) is 0 Å². The number of nitrogens with zero attached hydrogens (tertiary/aromatic N) is 1. The van der Waals surface area contributed by atoms with Gasteiger partial charge in [-0.3, -0.25) is 4.79 Å². The standard InChI is InChI=1S/C12H15NO2/c1-9-5-11(4-3-10(9)6-14)13-7-12(2,15)8-13/h3-6,15H,7-8H2,1-2H3. The van der Waals surface area contributed by atoms with Crippen LogP contribution in [0.1, 0.15) is 22.8 Å². The summed E-state index contributed by atoms with van der Waals surface area (Å²) in [6.07, 6.45) is 0.866. The molecule has 80 valence electrons. The van der Waals surface area contributed by atoms with Crippen LogP contribution in [0.4, 0.5) is 5.69 Å². The van der Waals surface area contributed by atoms with Gasteiger partial charge in [0.25, 0.3) is 0 Å². The number of rotatable bonds is 2. The Kier molecular flexibility index (Phi) is 2.27. The Morgan fingerprint density at radius 3 is 2.60 bits per heavy atom. The highest BCUT2D eigenvalue weighted by Gasteiger charge is 2.36. The van der Waals surface area contributed by atoms with Gasteiger partial charge in [0.2, 0.25) is 0 Å².